The Labute approximate surface area is 91.5 Å². The summed E-state index contributed by atoms with van der Waals surface area (Å²) in [4.78, 5) is 0. The van der Waals surface area contributed by atoms with Gasteiger partial charge in [-0.15, -0.1) is 0 Å². The molecule has 1 atom stereocenters. The van der Waals surface area contributed by atoms with E-state index in [9.17, 15) is 0 Å². The second kappa shape index (κ2) is 6.25. The molecular weight excluding hydrogens is 188 g/mol. The van der Waals surface area contributed by atoms with Crippen LogP contribution in [0.15, 0.2) is 30.3 Å². The van der Waals surface area contributed by atoms with Crippen molar-refractivity contribution < 1.29 is 9.47 Å². The summed E-state index contributed by atoms with van der Waals surface area (Å²) in [6.45, 7) is 4.77. The van der Waals surface area contributed by atoms with Crippen LogP contribution < -0.4 is 4.74 Å². The van der Waals surface area contributed by atoms with Crippen molar-refractivity contribution in [3.05, 3.63) is 35.9 Å². The molecule has 0 heterocycles. The van der Waals surface area contributed by atoms with E-state index in [1.54, 1.807) is 7.11 Å². The van der Waals surface area contributed by atoms with Gasteiger partial charge in [0, 0.05) is 6.61 Å². The summed E-state index contributed by atoms with van der Waals surface area (Å²) in [5, 5.41) is 0. The van der Waals surface area contributed by atoms with E-state index in [0.29, 0.717) is 0 Å². The van der Waals surface area contributed by atoms with Gasteiger partial charge in [0.1, 0.15) is 5.75 Å². The zero-order valence-corrected chi connectivity index (χ0v) is 9.57. The number of ether oxygens (including phenoxy) is 2. The molecule has 0 aromatic heterocycles. The van der Waals surface area contributed by atoms with Crippen molar-refractivity contribution in [1.82, 2.24) is 0 Å². The van der Waals surface area contributed by atoms with E-state index < -0.39 is 0 Å². The number of benzene rings is 1. The Balaban J connectivity index is 2.56. The number of methoxy groups -OCH3 is 1. The highest BCUT2D eigenvalue weighted by Crippen LogP contribution is 2.12. The van der Waals surface area contributed by atoms with Gasteiger partial charge >= 0.3 is 0 Å². The second-order valence-corrected chi connectivity index (χ2v) is 3.29. The average molecular weight is 206 g/mol. The van der Waals surface area contributed by atoms with E-state index in [0.717, 1.165) is 17.9 Å². The minimum Gasteiger partial charge on any atom is -0.497 e. The molecule has 1 aromatic rings. The normalized spacial score (nSPS) is 13.0. The maximum absolute atomic E-state index is 5.40. The molecule has 0 amide bonds. The molecule has 1 aromatic carbocycles. The molecule has 1 unspecified atom stereocenters. The molecule has 0 aliphatic carbocycles. The molecule has 2 heteroatoms. The fourth-order valence-electron chi connectivity index (χ4n) is 1.28. The van der Waals surface area contributed by atoms with Crippen LogP contribution in [0.2, 0.25) is 0 Å². The Morgan fingerprint density at radius 1 is 1.27 bits per heavy atom. The lowest BCUT2D eigenvalue weighted by atomic mass is 10.2. The minimum absolute atomic E-state index is 0.164. The third kappa shape index (κ3) is 4.17. The van der Waals surface area contributed by atoms with Crippen LogP contribution in [0.25, 0.3) is 6.08 Å². The summed E-state index contributed by atoms with van der Waals surface area (Å²) < 4.78 is 10.5. The van der Waals surface area contributed by atoms with Crippen LogP contribution in [0.3, 0.4) is 0 Å². The highest BCUT2D eigenvalue weighted by Gasteiger charge is 1.94. The maximum atomic E-state index is 5.40. The van der Waals surface area contributed by atoms with Crippen LogP contribution in [-0.2, 0) is 4.74 Å². The van der Waals surface area contributed by atoms with Gasteiger partial charge in [-0.25, -0.2) is 0 Å². The van der Waals surface area contributed by atoms with E-state index in [-0.39, 0.29) is 6.10 Å². The van der Waals surface area contributed by atoms with E-state index in [2.05, 4.69) is 6.08 Å². The first-order valence-electron chi connectivity index (χ1n) is 5.20. The zero-order valence-electron chi connectivity index (χ0n) is 9.57. The molecule has 0 saturated carbocycles. The predicted octanol–water partition coefficient (Wildman–Crippen LogP) is 3.13. The average Bonchev–Trinajstić information content (AvgIpc) is 2.27. The van der Waals surface area contributed by atoms with Crippen LogP contribution >= 0.6 is 0 Å². The number of rotatable bonds is 5. The Hall–Kier alpha value is -1.28. The second-order valence-electron chi connectivity index (χ2n) is 3.29. The molecule has 2 nitrogen and oxygen atoms in total. The molecule has 0 aliphatic rings. The largest absolute Gasteiger partial charge is 0.497 e. The first-order valence-corrected chi connectivity index (χ1v) is 5.20. The summed E-state index contributed by atoms with van der Waals surface area (Å²) in [5.74, 6) is 0.880. The van der Waals surface area contributed by atoms with Gasteiger partial charge in [0.15, 0.2) is 0 Å². The van der Waals surface area contributed by atoms with Crippen molar-refractivity contribution in [3.63, 3.8) is 0 Å². The standard InChI is InChI=1S/C13H18O2/c1-4-15-11(2)5-6-12-7-9-13(14-3)10-8-12/h5-11H,4H2,1-3H3/b6-5+. The van der Waals surface area contributed by atoms with Crippen molar-refractivity contribution in [1.29, 1.82) is 0 Å². The molecule has 0 N–H and O–H groups in total. The topological polar surface area (TPSA) is 18.5 Å². The first kappa shape index (κ1) is 11.8. The Morgan fingerprint density at radius 2 is 1.93 bits per heavy atom. The molecular formula is C13H18O2. The van der Waals surface area contributed by atoms with E-state index in [1.807, 2.05) is 44.2 Å². The summed E-state index contributed by atoms with van der Waals surface area (Å²) >= 11 is 0. The third-order valence-corrected chi connectivity index (χ3v) is 2.11. The van der Waals surface area contributed by atoms with Crippen LogP contribution in [0.5, 0.6) is 5.75 Å². The number of hydrogen-bond donors (Lipinski definition) is 0. The SMILES string of the molecule is CCOC(C)/C=C/c1ccc(OC)cc1. The van der Waals surface area contributed by atoms with E-state index in [1.165, 1.54) is 0 Å². The van der Waals surface area contributed by atoms with Crippen molar-refractivity contribution in [2.75, 3.05) is 13.7 Å². The molecule has 15 heavy (non-hydrogen) atoms. The molecule has 0 saturated heterocycles. The molecule has 0 spiro atoms. The van der Waals surface area contributed by atoms with Gasteiger partial charge in [-0.1, -0.05) is 24.3 Å². The van der Waals surface area contributed by atoms with Gasteiger partial charge in [0.25, 0.3) is 0 Å². The van der Waals surface area contributed by atoms with Gasteiger partial charge < -0.3 is 9.47 Å². The number of hydrogen-bond acceptors (Lipinski definition) is 2. The molecule has 82 valence electrons. The summed E-state index contributed by atoms with van der Waals surface area (Å²) in [6, 6.07) is 7.94. The van der Waals surface area contributed by atoms with Crippen molar-refractivity contribution in [2.45, 2.75) is 20.0 Å². The highest BCUT2D eigenvalue weighted by molar-refractivity contribution is 5.50. The van der Waals surface area contributed by atoms with Crippen LogP contribution in [0, 0.1) is 0 Å². The zero-order chi connectivity index (χ0) is 11.1. The van der Waals surface area contributed by atoms with Gasteiger partial charge in [-0.3, -0.25) is 0 Å². The quantitative estimate of drug-likeness (QED) is 0.737. The molecule has 1 rings (SSSR count). The van der Waals surface area contributed by atoms with E-state index >= 15 is 0 Å². The van der Waals surface area contributed by atoms with Gasteiger partial charge in [-0.2, -0.15) is 0 Å². The third-order valence-electron chi connectivity index (χ3n) is 2.11. The summed E-state index contributed by atoms with van der Waals surface area (Å²) in [6.07, 6.45) is 4.27. The smallest absolute Gasteiger partial charge is 0.118 e. The van der Waals surface area contributed by atoms with Gasteiger partial charge in [-0.05, 0) is 31.5 Å². The minimum atomic E-state index is 0.164. The monoisotopic (exact) mass is 206 g/mol. The first-order chi connectivity index (χ1) is 7.26. The van der Waals surface area contributed by atoms with Crippen molar-refractivity contribution >= 4 is 6.08 Å². The fraction of sp³-hybridized carbons (Fsp3) is 0.385. The Bertz CT molecular complexity index is 301. The van der Waals surface area contributed by atoms with Gasteiger partial charge in [0.05, 0.1) is 13.2 Å². The lowest BCUT2D eigenvalue weighted by Crippen LogP contribution is -2.02. The lowest BCUT2D eigenvalue weighted by Gasteiger charge is -2.05. The van der Waals surface area contributed by atoms with Crippen LogP contribution in [-0.4, -0.2) is 19.8 Å². The van der Waals surface area contributed by atoms with Crippen LogP contribution in [0.4, 0.5) is 0 Å². The molecule has 0 radical (unpaired) electrons. The summed E-state index contributed by atoms with van der Waals surface area (Å²) in [7, 11) is 1.67. The van der Waals surface area contributed by atoms with Crippen LogP contribution in [0.1, 0.15) is 19.4 Å². The van der Waals surface area contributed by atoms with Crippen molar-refractivity contribution in [3.8, 4) is 5.75 Å². The Kier molecular flexibility index (Phi) is 4.91. The highest BCUT2D eigenvalue weighted by atomic mass is 16.5. The van der Waals surface area contributed by atoms with Gasteiger partial charge in [0.2, 0.25) is 0 Å². The lowest BCUT2D eigenvalue weighted by molar-refractivity contribution is 0.110. The maximum Gasteiger partial charge on any atom is 0.118 e. The molecule has 0 aliphatic heterocycles. The van der Waals surface area contributed by atoms with E-state index in [4.69, 9.17) is 9.47 Å². The Morgan fingerprint density at radius 3 is 2.47 bits per heavy atom. The summed E-state index contributed by atoms with van der Waals surface area (Å²) in [5.41, 5.74) is 1.15. The predicted molar refractivity (Wildman–Crippen MR) is 63.1 cm³/mol. The fourth-order valence-corrected chi connectivity index (χ4v) is 1.28. The molecule has 0 bridgehead atoms. The van der Waals surface area contributed by atoms with Crippen molar-refractivity contribution in [2.24, 2.45) is 0 Å². The molecule has 0 fully saturated rings.